The van der Waals surface area contributed by atoms with Crippen LogP contribution in [-0.4, -0.2) is 25.2 Å². The SMILES string of the molecule is CCc1nn(CC)c(CC(NN)c2cn[nH]n2)c1Br. The van der Waals surface area contributed by atoms with Crippen LogP contribution in [-0.2, 0) is 19.4 Å². The Hall–Kier alpha value is -1.25. The molecule has 2 aromatic heterocycles. The number of nitrogens with one attached hydrogen (secondary N) is 2. The van der Waals surface area contributed by atoms with Gasteiger partial charge in [-0.3, -0.25) is 16.0 Å². The number of aromatic nitrogens is 5. The molecule has 4 N–H and O–H groups in total. The standard InChI is InChI=1S/C11H18BrN7/c1-3-7-11(12)10(19(4-2)17-7)5-8(15-13)9-6-14-18-16-9/h6,8,15H,3-5,13H2,1-2H3,(H,14,16,18). The Morgan fingerprint density at radius 1 is 1.53 bits per heavy atom. The molecule has 0 saturated carbocycles. The second-order valence-electron chi connectivity index (χ2n) is 4.19. The third-order valence-corrected chi connectivity index (χ3v) is 4.00. The number of aromatic amines is 1. The van der Waals surface area contributed by atoms with Gasteiger partial charge in [0, 0.05) is 13.0 Å². The molecule has 2 aromatic rings. The van der Waals surface area contributed by atoms with Crippen LogP contribution in [0.4, 0.5) is 0 Å². The van der Waals surface area contributed by atoms with Gasteiger partial charge in [-0.2, -0.15) is 20.5 Å². The van der Waals surface area contributed by atoms with Crippen molar-refractivity contribution in [2.45, 2.75) is 39.3 Å². The third kappa shape index (κ3) is 2.85. The molecule has 1 unspecified atom stereocenters. The molecule has 0 aliphatic carbocycles. The number of nitrogens with zero attached hydrogens (tertiary/aromatic N) is 4. The summed E-state index contributed by atoms with van der Waals surface area (Å²) in [5.74, 6) is 5.62. The van der Waals surface area contributed by atoms with Crippen molar-refractivity contribution in [2.24, 2.45) is 5.84 Å². The van der Waals surface area contributed by atoms with E-state index < -0.39 is 0 Å². The number of hydrazine groups is 1. The Kier molecular flexibility index (Phi) is 4.67. The van der Waals surface area contributed by atoms with Crippen molar-refractivity contribution in [3.8, 4) is 0 Å². The summed E-state index contributed by atoms with van der Waals surface area (Å²) in [4.78, 5) is 0. The first-order valence-corrected chi connectivity index (χ1v) is 7.06. The van der Waals surface area contributed by atoms with Gasteiger partial charge in [-0.1, -0.05) is 6.92 Å². The van der Waals surface area contributed by atoms with E-state index >= 15 is 0 Å². The maximum absolute atomic E-state index is 5.62. The largest absolute Gasteiger partial charge is 0.271 e. The molecular formula is C11H18BrN7. The van der Waals surface area contributed by atoms with Crippen LogP contribution in [0.25, 0.3) is 0 Å². The minimum absolute atomic E-state index is 0.0956. The molecule has 0 aromatic carbocycles. The van der Waals surface area contributed by atoms with Crippen LogP contribution in [0.2, 0.25) is 0 Å². The second kappa shape index (κ2) is 6.27. The zero-order valence-electron chi connectivity index (χ0n) is 11.0. The summed E-state index contributed by atoms with van der Waals surface area (Å²) >= 11 is 3.63. The fraction of sp³-hybridized carbons (Fsp3) is 0.545. The molecule has 2 rings (SSSR count). The smallest absolute Gasteiger partial charge is 0.101 e. The Labute approximate surface area is 120 Å². The molecule has 0 saturated heterocycles. The molecular weight excluding hydrogens is 310 g/mol. The van der Waals surface area contributed by atoms with E-state index in [9.17, 15) is 0 Å². The van der Waals surface area contributed by atoms with Gasteiger partial charge in [0.25, 0.3) is 0 Å². The second-order valence-corrected chi connectivity index (χ2v) is 4.99. The summed E-state index contributed by atoms with van der Waals surface area (Å²) < 4.78 is 3.05. The highest BCUT2D eigenvalue weighted by molar-refractivity contribution is 9.10. The first kappa shape index (κ1) is 14.2. The molecule has 2 heterocycles. The van der Waals surface area contributed by atoms with Gasteiger partial charge in [-0.15, -0.1) is 0 Å². The number of nitrogens with two attached hydrogens (primary N) is 1. The Balaban J connectivity index is 2.29. The quantitative estimate of drug-likeness (QED) is 0.545. The van der Waals surface area contributed by atoms with Crippen LogP contribution in [0, 0.1) is 0 Å². The number of hydrogen-bond donors (Lipinski definition) is 3. The Bertz CT molecular complexity index is 519. The molecule has 7 nitrogen and oxygen atoms in total. The molecule has 0 aliphatic rings. The molecule has 1 atom stereocenters. The Morgan fingerprint density at radius 3 is 2.84 bits per heavy atom. The first-order valence-electron chi connectivity index (χ1n) is 6.27. The van der Waals surface area contributed by atoms with Gasteiger partial charge in [-0.25, -0.2) is 0 Å². The van der Waals surface area contributed by atoms with Gasteiger partial charge in [0.2, 0.25) is 0 Å². The van der Waals surface area contributed by atoms with Crippen LogP contribution in [0.3, 0.4) is 0 Å². The van der Waals surface area contributed by atoms with Crippen molar-refractivity contribution in [3.05, 3.63) is 27.8 Å². The highest BCUT2D eigenvalue weighted by Crippen LogP contribution is 2.26. The summed E-state index contributed by atoms with van der Waals surface area (Å²) in [5, 5.41) is 15.1. The molecule has 0 bridgehead atoms. The molecule has 0 fully saturated rings. The van der Waals surface area contributed by atoms with Gasteiger partial charge in [0.05, 0.1) is 28.1 Å². The van der Waals surface area contributed by atoms with E-state index in [1.54, 1.807) is 6.20 Å². The van der Waals surface area contributed by atoms with Crippen LogP contribution in [0.5, 0.6) is 0 Å². The predicted octanol–water partition coefficient (Wildman–Crippen LogP) is 1.09. The van der Waals surface area contributed by atoms with Crippen molar-refractivity contribution in [1.29, 1.82) is 0 Å². The van der Waals surface area contributed by atoms with E-state index in [1.807, 2.05) is 4.68 Å². The van der Waals surface area contributed by atoms with E-state index in [1.165, 1.54) is 0 Å². The van der Waals surface area contributed by atoms with Gasteiger partial charge >= 0.3 is 0 Å². The van der Waals surface area contributed by atoms with E-state index in [-0.39, 0.29) is 6.04 Å². The monoisotopic (exact) mass is 327 g/mol. The average Bonchev–Trinajstić information content (AvgIpc) is 3.04. The fourth-order valence-corrected chi connectivity index (χ4v) is 2.76. The van der Waals surface area contributed by atoms with Crippen LogP contribution >= 0.6 is 15.9 Å². The molecule has 0 aliphatic heterocycles. The predicted molar refractivity (Wildman–Crippen MR) is 75.1 cm³/mol. The number of rotatable bonds is 6. The zero-order valence-corrected chi connectivity index (χ0v) is 12.6. The summed E-state index contributed by atoms with van der Waals surface area (Å²) in [6, 6.07) is -0.0956. The highest BCUT2D eigenvalue weighted by atomic mass is 79.9. The van der Waals surface area contributed by atoms with E-state index in [0.29, 0.717) is 6.42 Å². The highest BCUT2D eigenvalue weighted by Gasteiger charge is 2.20. The summed E-state index contributed by atoms with van der Waals surface area (Å²) in [6.07, 6.45) is 3.27. The van der Waals surface area contributed by atoms with Crippen molar-refractivity contribution in [1.82, 2.24) is 30.6 Å². The normalized spacial score (nSPS) is 12.8. The van der Waals surface area contributed by atoms with E-state index in [4.69, 9.17) is 5.84 Å². The zero-order chi connectivity index (χ0) is 13.8. The topological polar surface area (TPSA) is 97.4 Å². The minimum atomic E-state index is -0.0956. The van der Waals surface area contributed by atoms with Crippen LogP contribution < -0.4 is 11.3 Å². The molecule has 8 heteroatoms. The van der Waals surface area contributed by atoms with Crippen molar-refractivity contribution < 1.29 is 0 Å². The van der Waals surface area contributed by atoms with E-state index in [0.717, 1.165) is 34.5 Å². The number of hydrogen-bond acceptors (Lipinski definition) is 5. The van der Waals surface area contributed by atoms with Crippen LogP contribution in [0.1, 0.15) is 37.0 Å². The van der Waals surface area contributed by atoms with Crippen molar-refractivity contribution >= 4 is 15.9 Å². The van der Waals surface area contributed by atoms with Crippen LogP contribution in [0.15, 0.2) is 10.7 Å². The minimum Gasteiger partial charge on any atom is -0.271 e. The lowest BCUT2D eigenvalue weighted by Gasteiger charge is -2.14. The molecule has 0 radical (unpaired) electrons. The van der Waals surface area contributed by atoms with Crippen molar-refractivity contribution in [2.75, 3.05) is 0 Å². The molecule has 0 amide bonds. The maximum Gasteiger partial charge on any atom is 0.101 e. The summed E-state index contributed by atoms with van der Waals surface area (Å²) in [6.45, 7) is 4.99. The number of halogens is 1. The van der Waals surface area contributed by atoms with Gasteiger partial charge in [0.15, 0.2) is 0 Å². The van der Waals surface area contributed by atoms with Gasteiger partial charge < -0.3 is 0 Å². The first-order chi connectivity index (χ1) is 9.21. The maximum atomic E-state index is 5.62. The molecule has 0 spiro atoms. The van der Waals surface area contributed by atoms with Crippen molar-refractivity contribution in [3.63, 3.8) is 0 Å². The summed E-state index contributed by atoms with van der Waals surface area (Å²) in [7, 11) is 0. The van der Waals surface area contributed by atoms with Gasteiger partial charge in [-0.05, 0) is 29.3 Å². The number of aryl methyl sites for hydroxylation is 2. The molecule has 19 heavy (non-hydrogen) atoms. The van der Waals surface area contributed by atoms with Gasteiger partial charge in [0.1, 0.15) is 5.69 Å². The Morgan fingerprint density at radius 2 is 2.32 bits per heavy atom. The third-order valence-electron chi connectivity index (χ3n) is 3.08. The summed E-state index contributed by atoms with van der Waals surface area (Å²) in [5.41, 5.74) is 5.74. The average molecular weight is 328 g/mol. The fourth-order valence-electron chi connectivity index (χ4n) is 2.03. The number of H-pyrrole nitrogens is 1. The molecule has 104 valence electrons. The lowest BCUT2D eigenvalue weighted by molar-refractivity contribution is 0.505. The lowest BCUT2D eigenvalue weighted by atomic mass is 10.1. The van der Waals surface area contributed by atoms with E-state index in [2.05, 4.69) is 55.7 Å². The lowest BCUT2D eigenvalue weighted by Crippen LogP contribution is -2.30.